The number of hydrogen-bond donors (Lipinski definition) is 2. The number of ether oxygens (including phenoxy) is 1. The van der Waals surface area contributed by atoms with Crippen molar-refractivity contribution in [3.63, 3.8) is 0 Å². The summed E-state index contributed by atoms with van der Waals surface area (Å²) >= 11 is 0. The molecule has 3 atom stereocenters. The Morgan fingerprint density at radius 1 is 0.889 bits per heavy atom. The number of benzene rings is 2. The SMILES string of the molecule is O[C@@H](c1ccccc1)[C@H](NC1CCN(C2CCOC2)CC1)c1ccccc1. The predicted molar refractivity (Wildman–Crippen MR) is 108 cm³/mol. The van der Waals surface area contributed by atoms with Crippen LogP contribution in [0.25, 0.3) is 0 Å². The molecule has 2 aliphatic heterocycles. The molecule has 2 aromatic carbocycles. The zero-order valence-electron chi connectivity index (χ0n) is 15.8. The van der Waals surface area contributed by atoms with E-state index in [1.165, 1.54) is 0 Å². The molecular weight excluding hydrogens is 336 g/mol. The Labute approximate surface area is 162 Å². The molecule has 0 aliphatic carbocycles. The molecule has 0 spiro atoms. The van der Waals surface area contributed by atoms with Gasteiger partial charge in [0, 0.05) is 31.8 Å². The van der Waals surface area contributed by atoms with Crippen molar-refractivity contribution in [2.45, 2.75) is 43.5 Å². The maximum absolute atomic E-state index is 11.1. The van der Waals surface area contributed by atoms with Crippen molar-refractivity contribution in [3.8, 4) is 0 Å². The van der Waals surface area contributed by atoms with Gasteiger partial charge in [-0.15, -0.1) is 0 Å². The van der Waals surface area contributed by atoms with E-state index >= 15 is 0 Å². The largest absolute Gasteiger partial charge is 0.386 e. The van der Waals surface area contributed by atoms with Crippen molar-refractivity contribution in [1.82, 2.24) is 10.2 Å². The van der Waals surface area contributed by atoms with E-state index < -0.39 is 6.10 Å². The summed E-state index contributed by atoms with van der Waals surface area (Å²) in [5.41, 5.74) is 2.10. The molecule has 2 aliphatic rings. The fourth-order valence-electron chi connectivity index (χ4n) is 4.37. The smallest absolute Gasteiger partial charge is 0.0984 e. The van der Waals surface area contributed by atoms with Crippen LogP contribution in [0.15, 0.2) is 60.7 Å². The van der Waals surface area contributed by atoms with Crippen LogP contribution in [-0.2, 0) is 4.74 Å². The number of rotatable bonds is 6. The summed E-state index contributed by atoms with van der Waals surface area (Å²) in [5.74, 6) is 0. The molecule has 0 bridgehead atoms. The molecule has 4 nitrogen and oxygen atoms in total. The molecule has 144 valence electrons. The molecule has 4 rings (SSSR count). The van der Waals surface area contributed by atoms with Gasteiger partial charge in [0.1, 0.15) is 0 Å². The molecular formula is C23H30N2O2. The second kappa shape index (κ2) is 8.98. The Bertz CT molecular complexity index is 680. The third kappa shape index (κ3) is 4.58. The van der Waals surface area contributed by atoms with Crippen molar-refractivity contribution < 1.29 is 9.84 Å². The lowest BCUT2D eigenvalue weighted by atomic mass is 9.93. The summed E-state index contributed by atoms with van der Waals surface area (Å²) < 4.78 is 5.55. The van der Waals surface area contributed by atoms with Gasteiger partial charge in [0.05, 0.1) is 18.8 Å². The van der Waals surface area contributed by atoms with Crippen LogP contribution in [0.4, 0.5) is 0 Å². The summed E-state index contributed by atoms with van der Waals surface area (Å²) in [5, 5.41) is 14.9. The van der Waals surface area contributed by atoms with Crippen LogP contribution in [0.2, 0.25) is 0 Å². The fraction of sp³-hybridized carbons (Fsp3) is 0.478. The van der Waals surface area contributed by atoms with E-state index in [1.54, 1.807) is 0 Å². The maximum Gasteiger partial charge on any atom is 0.0984 e. The van der Waals surface area contributed by atoms with E-state index in [9.17, 15) is 5.11 Å². The quantitative estimate of drug-likeness (QED) is 0.823. The van der Waals surface area contributed by atoms with Crippen LogP contribution < -0.4 is 5.32 Å². The summed E-state index contributed by atoms with van der Waals surface area (Å²) in [7, 11) is 0. The van der Waals surface area contributed by atoms with Gasteiger partial charge in [-0.2, -0.15) is 0 Å². The van der Waals surface area contributed by atoms with E-state index in [1.807, 2.05) is 48.5 Å². The molecule has 2 saturated heterocycles. The summed E-state index contributed by atoms with van der Waals surface area (Å²) in [4.78, 5) is 2.58. The van der Waals surface area contributed by atoms with E-state index in [0.29, 0.717) is 12.1 Å². The van der Waals surface area contributed by atoms with Crippen LogP contribution in [0.3, 0.4) is 0 Å². The lowest BCUT2D eigenvalue weighted by Gasteiger charge is -2.38. The van der Waals surface area contributed by atoms with Gasteiger partial charge in [0.2, 0.25) is 0 Å². The molecule has 0 aromatic heterocycles. The Hall–Kier alpha value is -1.72. The van der Waals surface area contributed by atoms with Gasteiger partial charge in [0.15, 0.2) is 0 Å². The highest BCUT2D eigenvalue weighted by Crippen LogP contribution is 2.30. The average Bonchev–Trinajstić information content (AvgIpc) is 3.28. The monoisotopic (exact) mass is 366 g/mol. The van der Waals surface area contributed by atoms with Crippen molar-refractivity contribution in [2.75, 3.05) is 26.3 Å². The minimum atomic E-state index is -0.560. The highest BCUT2D eigenvalue weighted by molar-refractivity contribution is 5.26. The minimum absolute atomic E-state index is 0.0973. The first kappa shape index (κ1) is 18.6. The lowest BCUT2D eigenvalue weighted by molar-refractivity contribution is 0.0915. The first-order valence-corrected chi connectivity index (χ1v) is 10.2. The molecule has 4 heteroatoms. The normalized spacial score (nSPS) is 24.0. The first-order valence-electron chi connectivity index (χ1n) is 10.2. The van der Waals surface area contributed by atoms with Crippen molar-refractivity contribution in [2.24, 2.45) is 0 Å². The molecule has 2 fully saturated rings. The standard InChI is InChI=1S/C23H30N2O2/c26-23(19-9-5-2-6-10-19)22(18-7-3-1-4-8-18)24-20-11-14-25(15-12-20)21-13-16-27-17-21/h1-10,20-24,26H,11-17H2/t21?,22-,23+/m1/s1. The van der Waals surface area contributed by atoms with E-state index in [-0.39, 0.29) is 6.04 Å². The van der Waals surface area contributed by atoms with Crippen molar-refractivity contribution >= 4 is 0 Å². The Balaban J connectivity index is 1.44. The number of hydrogen-bond acceptors (Lipinski definition) is 4. The number of aliphatic hydroxyl groups is 1. The maximum atomic E-state index is 11.1. The molecule has 27 heavy (non-hydrogen) atoms. The van der Waals surface area contributed by atoms with E-state index in [0.717, 1.165) is 56.7 Å². The van der Waals surface area contributed by atoms with Crippen molar-refractivity contribution in [1.29, 1.82) is 0 Å². The minimum Gasteiger partial charge on any atom is -0.386 e. The predicted octanol–water partition coefficient (Wildman–Crippen LogP) is 3.30. The topological polar surface area (TPSA) is 44.7 Å². The number of nitrogens with one attached hydrogen (secondary N) is 1. The highest BCUT2D eigenvalue weighted by atomic mass is 16.5. The molecule has 2 N–H and O–H groups in total. The summed E-state index contributed by atoms with van der Waals surface area (Å²) in [6.07, 6.45) is 2.83. The first-order chi connectivity index (χ1) is 13.3. The second-order valence-corrected chi connectivity index (χ2v) is 7.74. The van der Waals surface area contributed by atoms with E-state index in [2.05, 4.69) is 22.3 Å². The van der Waals surface area contributed by atoms with Gasteiger partial charge >= 0.3 is 0 Å². The summed E-state index contributed by atoms with van der Waals surface area (Å²) in [6.45, 7) is 4.00. The van der Waals surface area contributed by atoms with Crippen molar-refractivity contribution in [3.05, 3.63) is 71.8 Å². The highest BCUT2D eigenvalue weighted by Gasteiger charge is 2.30. The van der Waals surface area contributed by atoms with Gasteiger partial charge in [0.25, 0.3) is 0 Å². The van der Waals surface area contributed by atoms with Gasteiger partial charge < -0.3 is 15.2 Å². The Morgan fingerprint density at radius 2 is 1.52 bits per heavy atom. The summed E-state index contributed by atoms with van der Waals surface area (Å²) in [6, 6.07) is 21.2. The van der Waals surface area contributed by atoms with Gasteiger partial charge in [-0.3, -0.25) is 4.90 Å². The van der Waals surface area contributed by atoms with Gasteiger partial charge in [-0.1, -0.05) is 60.7 Å². The molecule has 0 amide bonds. The second-order valence-electron chi connectivity index (χ2n) is 7.74. The van der Waals surface area contributed by atoms with Crippen LogP contribution in [0.1, 0.15) is 42.5 Å². The van der Waals surface area contributed by atoms with E-state index in [4.69, 9.17) is 4.74 Å². The van der Waals surface area contributed by atoms with Gasteiger partial charge in [-0.05, 0) is 30.4 Å². The Morgan fingerprint density at radius 3 is 2.11 bits per heavy atom. The third-order valence-electron chi connectivity index (χ3n) is 5.98. The number of nitrogens with zero attached hydrogens (tertiary/aromatic N) is 1. The molecule has 0 radical (unpaired) electrons. The molecule has 0 saturated carbocycles. The lowest BCUT2D eigenvalue weighted by Crippen LogP contribution is -2.48. The molecule has 2 aromatic rings. The fourth-order valence-corrected chi connectivity index (χ4v) is 4.37. The van der Waals surface area contributed by atoms with Crippen LogP contribution >= 0.6 is 0 Å². The average molecular weight is 367 g/mol. The Kier molecular flexibility index (Phi) is 6.20. The van der Waals surface area contributed by atoms with Crippen LogP contribution in [0.5, 0.6) is 0 Å². The zero-order valence-corrected chi connectivity index (χ0v) is 15.8. The van der Waals surface area contributed by atoms with Crippen LogP contribution in [-0.4, -0.2) is 48.4 Å². The molecule has 2 heterocycles. The number of piperidine rings is 1. The third-order valence-corrected chi connectivity index (χ3v) is 5.98. The van der Waals surface area contributed by atoms with Gasteiger partial charge in [-0.25, -0.2) is 0 Å². The number of aliphatic hydroxyl groups excluding tert-OH is 1. The zero-order chi connectivity index (χ0) is 18.5. The number of likely N-dealkylation sites (tertiary alicyclic amines) is 1. The molecule has 1 unspecified atom stereocenters. The van der Waals surface area contributed by atoms with Crippen LogP contribution in [0, 0.1) is 0 Å².